The van der Waals surface area contributed by atoms with Crippen molar-refractivity contribution in [2.24, 2.45) is 0 Å². The lowest BCUT2D eigenvalue weighted by Crippen LogP contribution is -2.49. The number of rotatable bonds is 4. The van der Waals surface area contributed by atoms with E-state index in [0.29, 0.717) is 17.5 Å². The third-order valence-corrected chi connectivity index (χ3v) is 13.3. The highest BCUT2D eigenvalue weighted by Gasteiger charge is 2.39. The molecule has 0 atom stereocenters. The summed E-state index contributed by atoms with van der Waals surface area (Å²) in [5.74, 6) is 2.02. The zero-order chi connectivity index (χ0) is 31.5. The summed E-state index contributed by atoms with van der Waals surface area (Å²) in [7, 11) is -1.91. The second-order valence-electron chi connectivity index (χ2n) is 12.8. The fourth-order valence-electron chi connectivity index (χ4n) is 7.46. The number of nitrogens with zero attached hydrogens (tertiary/aromatic N) is 3. The quantitative estimate of drug-likeness (QED) is 0.185. The lowest BCUT2D eigenvalue weighted by atomic mass is 9.94. The topological polar surface area (TPSA) is 38.7 Å². The number of hydrogen-bond acceptors (Lipinski definition) is 3. The summed E-state index contributed by atoms with van der Waals surface area (Å²) < 4.78 is 0. The van der Waals surface area contributed by atoms with Crippen LogP contribution in [-0.2, 0) is 0 Å². The van der Waals surface area contributed by atoms with Crippen molar-refractivity contribution in [1.29, 1.82) is 0 Å². The summed E-state index contributed by atoms with van der Waals surface area (Å²) >= 11 is 0. The molecule has 0 saturated carbocycles. The van der Waals surface area contributed by atoms with Crippen LogP contribution < -0.4 is 10.4 Å². The molecule has 7 aromatic carbocycles. The van der Waals surface area contributed by atoms with E-state index >= 15 is 0 Å². The van der Waals surface area contributed by atoms with Gasteiger partial charge in [0.1, 0.15) is 8.07 Å². The van der Waals surface area contributed by atoms with Crippen molar-refractivity contribution in [2.45, 2.75) is 13.1 Å². The monoisotopic (exact) mass is 617 g/mol. The predicted octanol–water partition coefficient (Wildman–Crippen LogP) is 9.65. The molecule has 0 saturated heterocycles. The van der Waals surface area contributed by atoms with Gasteiger partial charge in [-0.05, 0) is 66.3 Å². The molecule has 222 valence electrons. The first-order valence-corrected chi connectivity index (χ1v) is 19.1. The Morgan fingerprint density at radius 2 is 0.936 bits per heavy atom. The zero-order valence-corrected chi connectivity index (χ0v) is 27.3. The first-order valence-electron chi connectivity index (χ1n) is 16.1. The summed E-state index contributed by atoms with van der Waals surface area (Å²) in [6, 6.07) is 53.9. The molecule has 0 bridgehead atoms. The first kappa shape index (κ1) is 27.6. The van der Waals surface area contributed by atoms with E-state index in [4.69, 9.17) is 15.0 Å². The van der Waals surface area contributed by atoms with Crippen molar-refractivity contribution in [2.75, 3.05) is 0 Å². The molecule has 0 aliphatic carbocycles. The van der Waals surface area contributed by atoms with Gasteiger partial charge in [0, 0.05) is 16.7 Å². The summed E-state index contributed by atoms with van der Waals surface area (Å²) in [5.41, 5.74) is 7.99. The fourth-order valence-corrected chi connectivity index (χ4v) is 10.9. The molecule has 8 aromatic rings. The predicted molar refractivity (Wildman–Crippen MR) is 199 cm³/mol. The van der Waals surface area contributed by atoms with Crippen LogP contribution in [0.2, 0.25) is 13.1 Å². The number of fused-ring (bicyclic) bond motifs is 6. The zero-order valence-electron chi connectivity index (χ0n) is 26.3. The molecule has 0 spiro atoms. The number of aromatic nitrogens is 3. The smallest absolute Gasteiger partial charge is 0.164 e. The molecule has 1 aromatic heterocycles. The molecular formula is C43H31N3Si. The first-order chi connectivity index (χ1) is 23.1. The molecule has 1 aliphatic heterocycles. The van der Waals surface area contributed by atoms with E-state index in [1.54, 1.807) is 0 Å². The van der Waals surface area contributed by atoms with Gasteiger partial charge in [-0.2, -0.15) is 0 Å². The van der Waals surface area contributed by atoms with Crippen LogP contribution in [-0.4, -0.2) is 23.0 Å². The van der Waals surface area contributed by atoms with Gasteiger partial charge in [0.25, 0.3) is 0 Å². The molecule has 9 rings (SSSR count). The normalized spacial score (nSPS) is 13.1. The molecule has 0 radical (unpaired) electrons. The lowest BCUT2D eigenvalue weighted by molar-refractivity contribution is 1.08. The van der Waals surface area contributed by atoms with Crippen LogP contribution in [0.25, 0.3) is 78.0 Å². The van der Waals surface area contributed by atoms with Crippen molar-refractivity contribution < 1.29 is 0 Å². The molecule has 0 unspecified atom stereocenters. The number of benzene rings is 7. The average Bonchev–Trinajstić information content (AvgIpc) is 3.37. The Kier molecular flexibility index (Phi) is 6.27. The van der Waals surface area contributed by atoms with E-state index in [9.17, 15) is 0 Å². The van der Waals surface area contributed by atoms with Crippen LogP contribution in [0.5, 0.6) is 0 Å². The van der Waals surface area contributed by atoms with Crippen molar-refractivity contribution in [3.05, 3.63) is 152 Å². The van der Waals surface area contributed by atoms with Crippen LogP contribution in [0, 0.1) is 0 Å². The highest BCUT2D eigenvalue weighted by Crippen LogP contribution is 2.37. The molecule has 0 fully saturated rings. The van der Waals surface area contributed by atoms with Crippen LogP contribution >= 0.6 is 0 Å². The Hall–Kier alpha value is -5.71. The second kappa shape index (κ2) is 10.7. The molecule has 0 amide bonds. The summed E-state index contributed by atoms with van der Waals surface area (Å²) in [4.78, 5) is 15.4. The van der Waals surface area contributed by atoms with Crippen LogP contribution in [0.4, 0.5) is 0 Å². The molecule has 47 heavy (non-hydrogen) atoms. The third-order valence-electron chi connectivity index (χ3n) is 9.71. The van der Waals surface area contributed by atoms with Crippen molar-refractivity contribution >= 4 is 40.0 Å². The van der Waals surface area contributed by atoms with Crippen LogP contribution in [0.15, 0.2) is 152 Å². The van der Waals surface area contributed by atoms with Gasteiger partial charge in [0.15, 0.2) is 17.5 Å². The molecule has 1 aliphatic rings. The lowest BCUT2D eigenvalue weighted by Gasteiger charge is -2.20. The Morgan fingerprint density at radius 3 is 1.68 bits per heavy atom. The maximum absolute atomic E-state index is 5.21. The summed E-state index contributed by atoms with van der Waals surface area (Å²) in [6.45, 7) is 4.95. The van der Waals surface area contributed by atoms with E-state index in [2.05, 4.69) is 147 Å². The Labute approximate surface area is 275 Å². The Morgan fingerprint density at radius 1 is 0.383 bits per heavy atom. The highest BCUT2D eigenvalue weighted by atomic mass is 28.3. The third kappa shape index (κ3) is 4.44. The molecule has 2 heterocycles. The minimum atomic E-state index is -1.91. The van der Waals surface area contributed by atoms with Crippen LogP contribution in [0.1, 0.15) is 0 Å². The van der Waals surface area contributed by atoms with E-state index in [-0.39, 0.29) is 0 Å². The minimum Gasteiger partial charge on any atom is -0.208 e. The van der Waals surface area contributed by atoms with Gasteiger partial charge >= 0.3 is 0 Å². The van der Waals surface area contributed by atoms with Gasteiger partial charge in [-0.1, -0.05) is 153 Å². The Bertz CT molecular complexity index is 2490. The van der Waals surface area contributed by atoms with Crippen molar-refractivity contribution in [3.8, 4) is 56.4 Å². The van der Waals surface area contributed by atoms with E-state index < -0.39 is 8.07 Å². The second-order valence-corrected chi connectivity index (χ2v) is 17.1. The van der Waals surface area contributed by atoms with Gasteiger partial charge in [-0.3, -0.25) is 0 Å². The fraction of sp³-hybridized carbons (Fsp3) is 0.0465. The standard InChI is InChI=1S/C43H31N3Si/c1-47(2)39-26-22-31(27-38(39)36-23-21-29-15-9-10-18-33(29)40(36)47)42-44-41(30-16-7-4-8-17-30)45-43(46-42)37-25-24-32(28-13-5-3-6-14-28)34-19-11-12-20-35(34)37/h3-27H,1-2H3. The SMILES string of the molecule is C[Si]1(C)c2ccc(-c3nc(-c4ccccc4)nc(-c4ccc(-c5ccccc5)c5ccccc45)n3)cc2-c2ccc3ccccc3c21. The molecule has 3 nitrogen and oxygen atoms in total. The minimum absolute atomic E-state index is 0.670. The van der Waals surface area contributed by atoms with Gasteiger partial charge in [-0.15, -0.1) is 0 Å². The van der Waals surface area contributed by atoms with Gasteiger partial charge in [0.2, 0.25) is 0 Å². The summed E-state index contributed by atoms with van der Waals surface area (Å²) in [5, 5.41) is 7.96. The largest absolute Gasteiger partial charge is 0.208 e. The van der Waals surface area contributed by atoms with E-state index in [1.165, 1.54) is 48.8 Å². The Balaban J connectivity index is 1.25. The molecule has 0 N–H and O–H groups in total. The van der Waals surface area contributed by atoms with Crippen LogP contribution in [0.3, 0.4) is 0 Å². The summed E-state index contributed by atoms with van der Waals surface area (Å²) in [6.07, 6.45) is 0. The maximum Gasteiger partial charge on any atom is 0.164 e. The van der Waals surface area contributed by atoms with E-state index in [1.807, 2.05) is 18.2 Å². The molecule has 4 heteroatoms. The van der Waals surface area contributed by atoms with Gasteiger partial charge in [-0.25, -0.2) is 15.0 Å². The number of hydrogen-bond donors (Lipinski definition) is 0. The van der Waals surface area contributed by atoms with E-state index in [0.717, 1.165) is 22.1 Å². The van der Waals surface area contributed by atoms with Gasteiger partial charge in [0.05, 0.1) is 0 Å². The highest BCUT2D eigenvalue weighted by molar-refractivity contribution is 7.05. The molecular weight excluding hydrogens is 587 g/mol. The van der Waals surface area contributed by atoms with Crippen molar-refractivity contribution in [3.63, 3.8) is 0 Å². The van der Waals surface area contributed by atoms with Crippen molar-refractivity contribution in [1.82, 2.24) is 15.0 Å². The van der Waals surface area contributed by atoms with Gasteiger partial charge < -0.3 is 0 Å². The average molecular weight is 618 g/mol. The maximum atomic E-state index is 5.21.